The Hall–Kier alpha value is -3.80. The molecule has 0 fully saturated rings. The number of ether oxygens (including phenoxy) is 1. The van der Waals surface area contributed by atoms with Gasteiger partial charge in [0.15, 0.2) is 12.3 Å². The first kappa shape index (κ1) is 19.9. The fourth-order valence-electron chi connectivity index (χ4n) is 2.59. The Labute approximate surface area is 164 Å². The van der Waals surface area contributed by atoms with E-state index in [2.05, 4.69) is 15.2 Å². The average Bonchev–Trinajstić information content (AvgIpc) is 3.08. The standard InChI is InChI=1S/C20H15F3N4O2/c1-13-9-17(26-27(13)16-5-3-2-4-6-16)19(28)25-15-7-8-18(14(10-15)11-24)29-12-20(21,22)23/h2-10H,12H2,1H3,(H,25,28). The van der Waals surface area contributed by atoms with Crippen molar-refractivity contribution in [3.8, 4) is 17.5 Å². The molecule has 0 unspecified atom stereocenters. The maximum absolute atomic E-state index is 12.5. The molecule has 0 aliphatic carbocycles. The van der Waals surface area contributed by atoms with E-state index in [4.69, 9.17) is 5.26 Å². The molecule has 29 heavy (non-hydrogen) atoms. The highest BCUT2D eigenvalue weighted by Gasteiger charge is 2.29. The van der Waals surface area contributed by atoms with Crippen molar-refractivity contribution in [3.05, 3.63) is 71.5 Å². The third-order valence-electron chi connectivity index (χ3n) is 3.87. The molecular weight excluding hydrogens is 385 g/mol. The van der Waals surface area contributed by atoms with Crippen LogP contribution in [0, 0.1) is 18.3 Å². The summed E-state index contributed by atoms with van der Waals surface area (Å²) in [5, 5.41) is 16.0. The minimum atomic E-state index is -4.52. The normalized spacial score (nSPS) is 11.0. The summed E-state index contributed by atoms with van der Waals surface area (Å²) >= 11 is 0. The molecule has 1 aromatic heterocycles. The van der Waals surface area contributed by atoms with E-state index < -0.39 is 18.7 Å². The highest BCUT2D eigenvalue weighted by Crippen LogP contribution is 2.25. The lowest BCUT2D eigenvalue weighted by Crippen LogP contribution is -2.19. The number of amides is 1. The molecule has 9 heteroatoms. The smallest absolute Gasteiger partial charge is 0.422 e. The molecule has 0 saturated heterocycles. The van der Waals surface area contributed by atoms with Crippen LogP contribution in [0.3, 0.4) is 0 Å². The number of para-hydroxylation sites is 1. The molecular formula is C20H15F3N4O2. The molecule has 0 aliphatic rings. The van der Waals surface area contributed by atoms with Gasteiger partial charge in [0, 0.05) is 11.4 Å². The zero-order chi connectivity index (χ0) is 21.0. The van der Waals surface area contributed by atoms with Crippen molar-refractivity contribution in [2.45, 2.75) is 13.1 Å². The van der Waals surface area contributed by atoms with Gasteiger partial charge in [-0.3, -0.25) is 4.79 Å². The molecule has 0 radical (unpaired) electrons. The monoisotopic (exact) mass is 400 g/mol. The number of halogens is 3. The number of hydrogen-bond donors (Lipinski definition) is 1. The Morgan fingerprint density at radius 3 is 2.59 bits per heavy atom. The van der Waals surface area contributed by atoms with Crippen LogP contribution in [0.4, 0.5) is 18.9 Å². The second-order valence-corrected chi connectivity index (χ2v) is 6.10. The summed E-state index contributed by atoms with van der Waals surface area (Å²) < 4.78 is 43.1. The third kappa shape index (κ3) is 4.93. The van der Waals surface area contributed by atoms with Crippen LogP contribution in [-0.2, 0) is 0 Å². The number of nitrogens with zero attached hydrogens (tertiary/aromatic N) is 3. The molecule has 2 aromatic carbocycles. The van der Waals surface area contributed by atoms with Crippen molar-refractivity contribution in [2.75, 3.05) is 11.9 Å². The molecule has 0 spiro atoms. The lowest BCUT2D eigenvalue weighted by molar-refractivity contribution is -0.153. The van der Waals surface area contributed by atoms with Crippen LogP contribution in [0.5, 0.6) is 5.75 Å². The highest BCUT2D eigenvalue weighted by molar-refractivity contribution is 6.03. The highest BCUT2D eigenvalue weighted by atomic mass is 19.4. The molecule has 6 nitrogen and oxygen atoms in total. The molecule has 1 heterocycles. The van der Waals surface area contributed by atoms with Gasteiger partial charge in [-0.25, -0.2) is 4.68 Å². The summed E-state index contributed by atoms with van der Waals surface area (Å²) in [7, 11) is 0. The van der Waals surface area contributed by atoms with Gasteiger partial charge < -0.3 is 10.1 Å². The van der Waals surface area contributed by atoms with E-state index in [0.717, 1.165) is 11.4 Å². The summed E-state index contributed by atoms with van der Waals surface area (Å²) in [5.74, 6) is -0.734. The summed E-state index contributed by atoms with van der Waals surface area (Å²) in [6.07, 6.45) is -4.52. The lowest BCUT2D eigenvalue weighted by Gasteiger charge is -2.11. The van der Waals surface area contributed by atoms with Crippen LogP contribution in [-0.4, -0.2) is 28.5 Å². The van der Waals surface area contributed by atoms with E-state index in [1.54, 1.807) is 23.7 Å². The Bertz CT molecular complexity index is 1070. The first-order chi connectivity index (χ1) is 13.8. The van der Waals surface area contributed by atoms with Gasteiger partial charge in [0.05, 0.1) is 11.3 Å². The predicted octanol–water partition coefficient (Wildman–Crippen LogP) is 4.25. The molecule has 0 saturated carbocycles. The molecule has 0 atom stereocenters. The lowest BCUT2D eigenvalue weighted by atomic mass is 10.2. The molecule has 1 amide bonds. The van der Waals surface area contributed by atoms with Crippen molar-refractivity contribution in [1.82, 2.24) is 9.78 Å². The van der Waals surface area contributed by atoms with E-state index in [1.165, 1.54) is 18.2 Å². The number of carbonyl (C=O) groups is 1. The first-order valence-corrected chi connectivity index (χ1v) is 8.44. The van der Waals surface area contributed by atoms with Crippen molar-refractivity contribution in [3.63, 3.8) is 0 Å². The van der Waals surface area contributed by atoms with Crippen LogP contribution in [0.25, 0.3) is 5.69 Å². The second-order valence-electron chi connectivity index (χ2n) is 6.10. The van der Waals surface area contributed by atoms with Crippen LogP contribution in [0.2, 0.25) is 0 Å². The van der Waals surface area contributed by atoms with Gasteiger partial charge >= 0.3 is 6.18 Å². The van der Waals surface area contributed by atoms with Gasteiger partial charge in [0.2, 0.25) is 0 Å². The topological polar surface area (TPSA) is 79.9 Å². The second kappa shape index (κ2) is 8.06. The summed E-state index contributed by atoms with van der Waals surface area (Å²) in [6, 6.07) is 16.4. The van der Waals surface area contributed by atoms with Crippen molar-refractivity contribution in [1.29, 1.82) is 5.26 Å². The fraction of sp³-hybridized carbons (Fsp3) is 0.150. The van der Waals surface area contributed by atoms with E-state index in [-0.39, 0.29) is 22.7 Å². The number of aromatic nitrogens is 2. The maximum Gasteiger partial charge on any atom is 0.422 e. The number of nitriles is 1. The van der Waals surface area contributed by atoms with E-state index >= 15 is 0 Å². The van der Waals surface area contributed by atoms with Crippen LogP contribution in [0.15, 0.2) is 54.6 Å². The van der Waals surface area contributed by atoms with Gasteiger partial charge in [0.25, 0.3) is 5.91 Å². The number of hydrogen-bond acceptors (Lipinski definition) is 4. The number of carbonyl (C=O) groups excluding carboxylic acids is 1. The maximum atomic E-state index is 12.5. The predicted molar refractivity (Wildman–Crippen MR) is 99.0 cm³/mol. The number of aryl methyl sites for hydroxylation is 1. The zero-order valence-electron chi connectivity index (χ0n) is 15.2. The van der Waals surface area contributed by atoms with Gasteiger partial charge in [-0.1, -0.05) is 18.2 Å². The average molecular weight is 400 g/mol. The molecule has 3 aromatic rings. The minimum Gasteiger partial charge on any atom is -0.483 e. The molecule has 148 valence electrons. The third-order valence-corrected chi connectivity index (χ3v) is 3.87. The SMILES string of the molecule is Cc1cc(C(=O)Nc2ccc(OCC(F)(F)F)c(C#N)c2)nn1-c1ccccc1. The van der Waals surface area contributed by atoms with Gasteiger partial charge in [-0.15, -0.1) is 0 Å². The Morgan fingerprint density at radius 1 is 1.21 bits per heavy atom. The van der Waals surface area contributed by atoms with Gasteiger partial charge in [-0.2, -0.15) is 23.5 Å². The largest absolute Gasteiger partial charge is 0.483 e. The number of nitrogens with one attached hydrogen (secondary N) is 1. The summed E-state index contributed by atoms with van der Waals surface area (Å²) in [5.41, 5.74) is 1.80. The Kier molecular flexibility index (Phi) is 5.54. The number of rotatable bonds is 5. The van der Waals surface area contributed by atoms with Crippen molar-refractivity contribution in [2.24, 2.45) is 0 Å². The van der Waals surface area contributed by atoms with Crippen LogP contribution >= 0.6 is 0 Å². The van der Waals surface area contributed by atoms with Crippen LogP contribution in [0.1, 0.15) is 21.7 Å². The fourth-order valence-corrected chi connectivity index (χ4v) is 2.59. The molecule has 1 N–H and O–H groups in total. The van der Waals surface area contributed by atoms with Crippen molar-refractivity contribution >= 4 is 11.6 Å². The summed E-state index contributed by atoms with van der Waals surface area (Å²) in [6.45, 7) is 0.293. The van der Waals surface area contributed by atoms with E-state index in [1.807, 2.05) is 30.3 Å². The van der Waals surface area contributed by atoms with Crippen molar-refractivity contribution < 1.29 is 22.7 Å². The quantitative estimate of drug-likeness (QED) is 0.695. The Balaban J connectivity index is 1.77. The molecule has 0 aliphatic heterocycles. The number of anilines is 1. The zero-order valence-corrected chi connectivity index (χ0v) is 15.2. The first-order valence-electron chi connectivity index (χ1n) is 8.44. The Morgan fingerprint density at radius 2 is 1.93 bits per heavy atom. The van der Waals surface area contributed by atoms with Gasteiger partial charge in [0.1, 0.15) is 11.8 Å². The van der Waals surface area contributed by atoms with Crippen LogP contribution < -0.4 is 10.1 Å². The molecule has 3 rings (SSSR count). The number of alkyl halides is 3. The molecule has 0 bridgehead atoms. The van der Waals surface area contributed by atoms with E-state index in [0.29, 0.717) is 0 Å². The van der Waals surface area contributed by atoms with Gasteiger partial charge in [-0.05, 0) is 43.3 Å². The number of benzene rings is 2. The minimum absolute atomic E-state index is 0.127. The summed E-state index contributed by atoms with van der Waals surface area (Å²) in [4.78, 5) is 12.5. The van der Waals surface area contributed by atoms with E-state index in [9.17, 15) is 18.0 Å².